The van der Waals surface area contributed by atoms with Crippen LogP contribution in [0.2, 0.25) is 0 Å². The van der Waals surface area contributed by atoms with Gasteiger partial charge in [0.15, 0.2) is 0 Å². The smallest absolute Gasteiger partial charge is 0.410 e. The first-order valence-corrected chi connectivity index (χ1v) is 6.56. The number of rotatable bonds is 2. The van der Waals surface area contributed by atoms with E-state index in [9.17, 15) is 4.79 Å². The molecule has 1 atom stereocenters. The molecule has 4 heteroatoms. The van der Waals surface area contributed by atoms with Crippen molar-refractivity contribution in [3.05, 3.63) is 0 Å². The molecule has 0 spiro atoms. The molecule has 1 unspecified atom stereocenters. The van der Waals surface area contributed by atoms with Crippen molar-refractivity contribution in [2.75, 3.05) is 20.1 Å². The Bertz CT molecular complexity index is 240. The fourth-order valence-electron chi connectivity index (χ4n) is 2.00. The highest BCUT2D eigenvalue weighted by Crippen LogP contribution is 2.12. The van der Waals surface area contributed by atoms with E-state index in [-0.39, 0.29) is 6.09 Å². The molecule has 1 fully saturated rings. The number of nitrogens with one attached hydrogen (secondary N) is 1. The van der Waals surface area contributed by atoms with Crippen LogP contribution in [0, 0.1) is 0 Å². The summed E-state index contributed by atoms with van der Waals surface area (Å²) >= 11 is 0. The molecule has 1 heterocycles. The van der Waals surface area contributed by atoms with Gasteiger partial charge in [0, 0.05) is 19.6 Å². The zero-order valence-corrected chi connectivity index (χ0v) is 11.6. The molecule has 1 aliphatic rings. The lowest BCUT2D eigenvalue weighted by Crippen LogP contribution is -2.43. The van der Waals surface area contributed by atoms with Crippen molar-refractivity contribution < 1.29 is 9.53 Å². The molecule has 1 amide bonds. The fraction of sp³-hybridized carbons (Fsp3) is 0.923. The van der Waals surface area contributed by atoms with Gasteiger partial charge in [-0.25, -0.2) is 4.79 Å². The first kappa shape index (κ1) is 14.3. The van der Waals surface area contributed by atoms with E-state index in [1.807, 2.05) is 20.8 Å². The summed E-state index contributed by atoms with van der Waals surface area (Å²) < 4.78 is 5.33. The van der Waals surface area contributed by atoms with Crippen molar-refractivity contribution in [1.82, 2.24) is 10.2 Å². The maximum Gasteiger partial charge on any atom is 0.410 e. The Balaban J connectivity index is 2.36. The summed E-state index contributed by atoms with van der Waals surface area (Å²) in [7, 11) is 1.81. The second-order valence-corrected chi connectivity index (χ2v) is 5.86. The van der Waals surface area contributed by atoms with Crippen molar-refractivity contribution in [2.45, 2.75) is 58.1 Å². The van der Waals surface area contributed by atoms with Gasteiger partial charge in [-0.05, 0) is 40.2 Å². The molecule has 1 saturated heterocycles. The third-order valence-corrected chi connectivity index (χ3v) is 2.86. The fourth-order valence-corrected chi connectivity index (χ4v) is 2.00. The largest absolute Gasteiger partial charge is 0.444 e. The number of nitrogens with zero attached hydrogens (tertiary/aromatic N) is 1. The zero-order chi connectivity index (χ0) is 12.9. The molecule has 4 nitrogen and oxygen atoms in total. The van der Waals surface area contributed by atoms with Gasteiger partial charge in [-0.1, -0.05) is 12.8 Å². The van der Waals surface area contributed by atoms with Crippen LogP contribution in [0.5, 0.6) is 0 Å². The van der Waals surface area contributed by atoms with E-state index in [4.69, 9.17) is 4.74 Å². The predicted octanol–water partition coefficient (Wildman–Crippen LogP) is 2.39. The lowest BCUT2D eigenvalue weighted by atomic mass is 10.1. The first-order valence-electron chi connectivity index (χ1n) is 6.56. The number of likely N-dealkylation sites (N-methyl/N-ethyl adjacent to an activating group) is 1. The summed E-state index contributed by atoms with van der Waals surface area (Å²) in [5.74, 6) is 0. The minimum absolute atomic E-state index is 0.233. The molecule has 0 aromatic carbocycles. The number of hydrogen-bond donors (Lipinski definition) is 1. The Kier molecular flexibility index (Phi) is 5.25. The van der Waals surface area contributed by atoms with Crippen molar-refractivity contribution in [3.8, 4) is 0 Å². The standard InChI is InChI=1S/C13H26N2O2/c1-13(2,3)17-12(16)15(4)10-11-8-6-5-7-9-14-11/h11,14H,5-10H2,1-4H3. The van der Waals surface area contributed by atoms with Crippen molar-refractivity contribution in [2.24, 2.45) is 0 Å². The molecule has 17 heavy (non-hydrogen) atoms. The number of ether oxygens (including phenoxy) is 1. The molecular weight excluding hydrogens is 216 g/mol. The highest BCUT2D eigenvalue weighted by atomic mass is 16.6. The van der Waals surface area contributed by atoms with E-state index in [0.29, 0.717) is 6.04 Å². The second-order valence-electron chi connectivity index (χ2n) is 5.86. The Morgan fingerprint density at radius 2 is 2.06 bits per heavy atom. The van der Waals surface area contributed by atoms with Crippen LogP contribution in [0.25, 0.3) is 0 Å². The van der Waals surface area contributed by atoms with Crippen LogP contribution in [0.3, 0.4) is 0 Å². The van der Waals surface area contributed by atoms with E-state index in [2.05, 4.69) is 5.32 Å². The van der Waals surface area contributed by atoms with Crippen LogP contribution in [0.1, 0.15) is 46.5 Å². The molecule has 0 bridgehead atoms. The van der Waals surface area contributed by atoms with Crippen LogP contribution < -0.4 is 5.32 Å². The van der Waals surface area contributed by atoms with Gasteiger partial charge in [0.1, 0.15) is 5.60 Å². The zero-order valence-electron chi connectivity index (χ0n) is 11.6. The third-order valence-electron chi connectivity index (χ3n) is 2.86. The van der Waals surface area contributed by atoms with Crippen LogP contribution in [0.15, 0.2) is 0 Å². The summed E-state index contributed by atoms with van der Waals surface area (Å²) in [5, 5.41) is 3.48. The summed E-state index contributed by atoms with van der Waals surface area (Å²) in [6, 6.07) is 0.412. The Morgan fingerprint density at radius 1 is 1.35 bits per heavy atom. The van der Waals surface area contributed by atoms with Gasteiger partial charge in [0.05, 0.1) is 0 Å². The SMILES string of the molecule is CN(CC1CCCCCN1)C(=O)OC(C)(C)C. The monoisotopic (exact) mass is 242 g/mol. The molecule has 0 aromatic rings. The summed E-state index contributed by atoms with van der Waals surface area (Å²) in [4.78, 5) is 13.5. The Hall–Kier alpha value is -0.770. The molecule has 1 N–H and O–H groups in total. The van der Waals surface area contributed by atoms with Crippen LogP contribution in [-0.4, -0.2) is 42.8 Å². The maximum absolute atomic E-state index is 11.8. The lowest BCUT2D eigenvalue weighted by molar-refractivity contribution is 0.0282. The highest BCUT2D eigenvalue weighted by Gasteiger charge is 2.22. The third kappa shape index (κ3) is 5.91. The Labute approximate surface area is 105 Å². The van der Waals surface area contributed by atoms with E-state index in [1.54, 1.807) is 11.9 Å². The summed E-state index contributed by atoms with van der Waals surface area (Å²) in [6.45, 7) is 7.47. The molecular formula is C13H26N2O2. The summed E-state index contributed by atoms with van der Waals surface area (Å²) in [6.07, 6.45) is 4.70. The van der Waals surface area contributed by atoms with Gasteiger partial charge in [0.2, 0.25) is 0 Å². The van der Waals surface area contributed by atoms with Gasteiger partial charge in [0.25, 0.3) is 0 Å². The molecule has 1 rings (SSSR count). The molecule has 100 valence electrons. The van der Waals surface area contributed by atoms with Crippen LogP contribution in [-0.2, 0) is 4.74 Å². The normalized spacial score (nSPS) is 21.8. The van der Waals surface area contributed by atoms with Gasteiger partial charge in [-0.2, -0.15) is 0 Å². The first-order chi connectivity index (χ1) is 7.88. The second kappa shape index (κ2) is 6.24. The number of carbonyl (C=O) groups excluding carboxylic acids is 1. The van der Waals surface area contributed by atoms with E-state index in [1.165, 1.54) is 19.3 Å². The van der Waals surface area contributed by atoms with E-state index in [0.717, 1.165) is 19.5 Å². The van der Waals surface area contributed by atoms with Gasteiger partial charge < -0.3 is 15.0 Å². The average Bonchev–Trinajstić information content (AvgIpc) is 2.43. The number of amides is 1. The molecule has 0 radical (unpaired) electrons. The minimum atomic E-state index is -0.414. The molecule has 0 saturated carbocycles. The van der Waals surface area contributed by atoms with Crippen LogP contribution in [0.4, 0.5) is 4.79 Å². The topological polar surface area (TPSA) is 41.6 Å². The van der Waals surface area contributed by atoms with Gasteiger partial charge in [-0.15, -0.1) is 0 Å². The van der Waals surface area contributed by atoms with Crippen molar-refractivity contribution >= 4 is 6.09 Å². The molecule has 0 aromatic heterocycles. The van der Waals surface area contributed by atoms with Gasteiger partial charge in [-0.3, -0.25) is 0 Å². The molecule has 0 aliphatic carbocycles. The maximum atomic E-state index is 11.8. The summed E-state index contributed by atoms with van der Waals surface area (Å²) in [5.41, 5.74) is -0.414. The molecule has 1 aliphatic heterocycles. The highest BCUT2D eigenvalue weighted by molar-refractivity contribution is 5.67. The average molecular weight is 242 g/mol. The van der Waals surface area contributed by atoms with Crippen molar-refractivity contribution in [3.63, 3.8) is 0 Å². The van der Waals surface area contributed by atoms with E-state index < -0.39 is 5.60 Å². The van der Waals surface area contributed by atoms with E-state index >= 15 is 0 Å². The van der Waals surface area contributed by atoms with Crippen LogP contribution >= 0.6 is 0 Å². The Morgan fingerprint density at radius 3 is 2.71 bits per heavy atom. The number of hydrogen-bond acceptors (Lipinski definition) is 3. The minimum Gasteiger partial charge on any atom is -0.444 e. The van der Waals surface area contributed by atoms with Crippen molar-refractivity contribution in [1.29, 1.82) is 0 Å². The lowest BCUT2D eigenvalue weighted by Gasteiger charge is -2.27. The predicted molar refractivity (Wildman–Crippen MR) is 69.1 cm³/mol. The van der Waals surface area contributed by atoms with Gasteiger partial charge >= 0.3 is 6.09 Å². The number of carbonyl (C=O) groups is 1. The quantitative estimate of drug-likeness (QED) is 0.808.